The van der Waals surface area contributed by atoms with Crippen molar-refractivity contribution in [2.75, 3.05) is 5.32 Å². The van der Waals surface area contributed by atoms with Crippen molar-refractivity contribution in [3.05, 3.63) is 83.1 Å². The van der Waals surface area contributed by atoms with Gasteiger partial charge in [-0.2, -0.15) is 0 Å². The zero-order valence-electron chi connectivity index (χ0n) is 11.2. The summed E-state index contributed by atoms with van der Waals surface area (Å²) in [5.41, 5.74) is 2.34. The third-order valence-corrected chi connectivity index (χ3v) is 3.67. The Kier molecular flexibility index (Phi) is 3.88. The molecule has 104 valence electrons. The van der Waals surface area contributed by atoms with Crippen LogP contribution >= 0.6 is 15.9 Å². The van der Waals surface area contributed by atoms with Gasteiger partial charge in [0.05, 0.1) is 11.4 Å². The number of nitrogens with one attached hydrogen (secondary N) is 1. The van der Waals surface area contributed by atoms with Gasteiger partial charge in [0.15, 0.2) is 0 Å². The molecule has 0 aliphatic carbocycles. The van der Waals surface area contributed by atoms with E-state index < -0.39 is 0 Å². The van der Waals surface area contributed by atoms with Crippen LogP contribution in [0.3, 0.4) is 0 Å². The monoisotopic (exact) mass is 340 g/mol. The molecular formula is C17H13BrN2O. The number of halogens is 1. The van der Waals surface area contributed by atoms with Gasteiger partial charge in [0.2, 0.25) is 0 Å². The second-order valence-corrected chi connectivity index (χ2v) is 5.48. The topological polar surface area (TPSA) is 34.0 Å². The number of rotatable bonds is 3. The first-order valence-electron chi connectivity index (χ1n) is 6.53. The summed E-state index contributed by atoms with van der Waals surface area (Å²) < 4.78 is 2.92. The fourth-order valence-corrected chi connectivity index (χ4v) is 2.36. The lowest BCUT2D eigenvalue weighted by Crippen LogP contribution is -2.13. The van der Waals surface area contributed by atoms with Gasteiger partial charge < -0.3 is 9.88 Å². The van der Waals surface area contributed by atoms with E-state index in [0.29, 0.717) is 5.56 Å². The fraction of sp³-hybridized carbons (Fsp3) is 0. The van der Waals surface area contributed by atoms with Crippen LogP contribution in [0, 0.1) is 0 Å². The van der Waals surface area contributed by atoms with Crippen LogP contribution in [0.5, 0.6) is 0 Å². The molecular weight excluding hydrogens is 328 g/mol. The van der Waals surface area contributed by atoms with Crippen LogP contribution in [-0.2, 0) is 0 Å². The van der Waals surface area contributed by atoms with Gasteiger partial charge in [-0.25, -0.2) is 0 Å². The molecule has 0 spiro atoms. The average molecular weight is 341 g/mol. The summed E-state index contributed by atoms with van der Waals surface area (Å²) >= 11 is 3.36. The van der Waals surface area contributed by atoms with E-state index in [1.807, 2.05) is 65.5 Å². The van der Waals surface area contributed by atoms with E-state index in [-0.39, 0.29) is 5.91 Å². The van der Waals surface area contributed by atoms with E-state index >= 15 is 0 Å². The molecule has 1 amide bonds. The molecule has 3 rings (SSSR count). The highest BCUT2D eigenvalue weighted by Gasteiger charge is 2.09. The second kappa shape index (κ2) is 5.97. The quantitative estimate of drug-likeness (QED) is 0.748. The van der Waals surface area contributed by atoms with Crippen LogP contribution in [0.1, 0.15) is 10.4 Å². The number of hydrogen-bond donors (Lipinski definition) is 1. The minimum atomic E-state index is -0.123. The zero-order chi connectivity index (χ0) is 14.7. The number of anilines is 1. The molecule has 1 N–H and O–H groups in total. The van der Waals surface area contributed by atoms with Gasteiger partial charge in [0.1, 0.15) is 0 Å². The molecule has 3 nitrogen and oxygen atoms in total. The molecule has 3 aromatic rings. The van der Waals surface area contributed by atoms with Crippen molar-refractivity contribution in [1.29, 1.82) is 0 Å². The molecule has 0 saturated carbocycles. The van der Waals surface area contributed by atoms with Gasteiger partial charge in [-0.1, -0.05) is 28.1 Å². The number of para-hydroxylation sites is 2. The molecule has 1 heterocycles. The first-order valence-corrected chi connectivity index (χ1v) is 7.32. The van der Waals surface area contributed by atoms with Crippen molar-refractivity contribution in [1.82, 2.24) is 4.57 Å². The molecule has 1 aromatic heterocycles. The molecule has 0 radical (unpaired) electrons. The van der Waals surface area contributed by atoms with Crippen molar-refractivity contribution in [2.24, 2.45) is 0 Å². The predicted octanol–water partition coefficient (Wildman–Crippen LogP) is 4.49. The number of amides is 1. The van der Waals surface area contributed by atoms with E-state index in [9.17, 15) is 4.79 Å². The molecule has 2 aromatic carbocycles. The largest absolute Gasteiger partial charge is 0.322 e. The van der Waals surface area contributed by atoms with E-state index in [2.05, 4.69) is 21.2 Å². The van der Waals surface area contributed by atoms with Crippen molar-refractivity contribution in [3.63, 3.8) is 0 Å². The lowest BCUT2D eigenvalue weighted by atomic mass is 10.2. The SMILES string of the molecule is O=C(Nc1ccccc1-n1cccc1)c1ccc(Br)cc1. The third-order valence-electron chi connectivity index (χ3n) is 3.14. The Morgan fingerprint density at radius 1 is 0.905 bits per heavy atom. The van der Waals surface area contributed by atoms with Gasteiger partial charge in [0, 0.05) is 22.4 Å². The molecule has 0 aliphatic rings. The lowest BCUT2D eigenvalue weighted by Gasteiger charge is -2.12. The first-order chi connectivity index (χ1) is 10.2. The number of carbonyl (C=O) groups excluding carboxylic acids is 1. The maximum absolute atomic E-state index is 12.3. The summed E-state index contributed by atoms with van der Waals surface area (Å²) in [6.07, 6.45) is 3.90. The number of benzene rings is 2. The Morgan fingerprint density at radius 3 is 2.29 bits per heavy atom. The molecule has 0 aliphatic heterocycles. The number of hydrogen-bond acceptors (Lipinski definition) is 1. The van der Waals surface area contributed by atoms with Gasteiger partial charge >= 0.3 is 0 Å². The van der Waals surface area contributed by atoms with Gasteiger partial charge in [-0.05, 0) is 48.5 Å². The van der Waals surface area contributed by atoms with Gasteiger partial charge in [-0.3, -0.25) is 4.79 Å². The maximum Gasteiger partial charge on any atom is 0.255 e. The van der Waals surface area contributed by atoms with Gasteiger partial charge in [0.25, 0.3) is 5.91 Å². The highest BCUT2D eigenvalue weighted by Crippen LogP contribution is 2.21. The maximum atomic E-state index is 12.3. The van der Waals surface area contributed by atoms with Crippen LogP contribution in [-0.4, -0.2) is 10.5 Å². The standard InChI is InChI=1S/C17H13BrN2O/c18-14-9-7-13(8-10-14)17(21)19-15-5-1-2-6-16(15)20-11-3-4-12-20/h1-12H,(H,19,21). The van der Waals surface area contributed by atoms with Crippen LogP contribution in [0.2, 0.25) is 0 Å². The Morgan fingerprint density at radius 2 is 1.57 bits per heavy atom. The van der Waals surface area contributed by atoms with Gasteiger partial charge in [-0.15, -0.1) is 0 Å². The van der Waals surface area contributed by atoms with Crippen molar-refractivity contribution < 1.29 is 4.79 Å². The Labute approximate surface area is 131 Å². The molecule has 21 heavy (non-hydrogen) atoms. The minimum Gasteiger partial charge on any atom is -0.322 e. The summed E-state index contributed by atoms with van der Waals surface area (Å²) in [4.78, 5) is 12.3. The second-order valence-electron chi connectivity index (χ2n) is 4.57. The Balaban J connectivity index is 1.88. The summed E-state index contributed by atoms with van der Waals surface area (Å²) in [5, 5.41) is 2.96. The molecule has 0 unspecified atom stereocenters. The molecule has 0 bridgehead atoms. The fourth-order valence-electron chi connectivity index (χ4n) is 2.10. The summed E-state index contributed by atoms with van der Waals surface area (Å²) in [6.45, 7) is 0. The Bertz CT molecular complexity index is 749. The van der Waals surface area contributed by atoms with Crippen molar-refractivity contribution in [2.45, 2.75) is 0 Å². The molecule has 0 atom stereocenters. The van der Waals surface area contributed by atoms with E-state index in [1.54, 1.807) is 12.1 Å². The summed E-state index contributed by atoms with van der Waals surface area (Å²) in [5.74, 6) is -0.123. The lowest BCUT2D eigenvalue weighted by molar-refractivity contribution is 0.102. The van der Waals surface area contributed by atoms with E-state index in [0.717, 1.165) is 15.8 Å². The number of nitrogens with zero attached hydrogens (tertiary/aromatic N) is 1. The highest BCUT2D eigenvalue weighted by atomic mass is 79.9. The minimum absolute atomic E-state index is 0.123. The first kappa shape index (κ1) is 13.6. The normalized spacial score (nSPS) is 10.3. The van der Waals surface area contributed by atoms with E-state index in [1.165, 1.54) is 0 Å². The molecule has 0 saturated heterocycles. The van der Waals surface area contributed by atoms with Crippen molar-refractivity contribution in [3.8, 4) is 5.69 Å². The van der Waals surface area contributed by atoms with Crippen LogP contribution in [0.4, 0.5) is 5.69 Å². The Hall–Kier alpha value is -2.33. The third kappa shape index (κ3) is 3.06. The summed E-state index contributed by atoms with van der Waals surface area (Å²) in [7, 11) is 0. The summed E-state index contributed by atoms with van der Waals surface area (Å²) in [6, 6.07) is 18.9. The number of carbonyl (C=O) groups is 1. The predicted molar refractivity (Wildman–Crippen MR) is 87.9 cm³/mol. The smallest absolute Gasteiger partial charge is 0.255 e. The van der Waals surface area contributed by atoms with E-state index in [4.69, 9.17) is 0 Å². The zero-order valence-corrected chi connectivity index (χ0v) is 12.7. The molecule has 0 fully saturated rings. The number of aromatic nitrogens is 1. The average Bonchev–Trinajstić information content (AvgIpc) is 3.02. The highest BCUT2D eigenvalue weighted by molar-refractivity contribution is 9.10. The van der Waals surface area contributed by atoms with Crippen molar-refractivity contribution >= 4 is 27.5 Å². The van der Waals surface area contributed by atoms with Crippen LogP contribution < -0.4 is 5.32 Å². The van der Waals surface area contributed by atoms with Crippen LogP contribution in [0.15, 0.2) is 77.5 Å². The van der Waals surface area contributed by atoms with Crippen LogP contribution in [0.25, 0.3) is 5.69 Å². The molecule has 4 heteroatoms.